The van der Waals surface area contributed by atoms with E-state index in [9.17, 15) is 9.18 Å². The average Bonchev–Trinajstić information content (AvgIpc) is 3.13. The summed E-state index contributed by atoms with van der Waals surface area (Å²) in [5, 5.41) is 10.3. The van der Waals surface area contributed by atoms with Crippen LogP contribution in [-0.2, 0) is 6.54 Å². The van der Waals surface area contributed by atoms with Gasteiger partial charge < -0.3 is 16.0 Å². The molecule has 0 aliphatic carbocycles. The number of aryl methyl sites for hydroxylation is 1. The van der Waals surface area contributed by atoms with Gasteiger partial charge in [-0.1, -0.05) is 12.1 Å². The van der Waals surface area contributed by atoms with Crippen molar-refractivity contribution in [3.8, 4) is 5.82 Å². The Morgan fingerprint density at radius 2 is 2.06 bits per heavy atom. The van der Waals surface area contributed by atoms with Gasteiger partial charge in [0.05, 0.1) is 6.54 Å². The quantitative estimate of drug-likeness (QED) is 0.352. The van der Waals surface area contributed by atoms with Gasteiger partial charge in [-0.15, -0.1) is 6.58 Å². The number of hydrogen-bond acceptors (Lipinski definition) is 7. The smallest absolute Gasteiger partial charge is 0.278 e. The van der Waals surface area contributed by atoms with E-state index in [0.717, 1.165) is 31.7 Å². The van der Waals surface area contributed by atoms with E-state index in [-0.39, 0.29) is 23.9 Å². The number of pyridine rings is 1. The molecule has 5 rings (SSSR count). The Labute approximate surface area is 201 Å². The molecule has 1 aliphatic rings. The molecule has 0 saturated carbocycles. The van der Waals surface area contributed by atoms with Crippen LogP contribution in [0.2, 0.25) is 0 Å². The van der Waals surface area contributed by atoms with Crippen LogP contribution in [-0.4, -0.2) is 43.4 Å². The van der Waals surface area contributed by atoms with Gasteiger partial charge in [0.15, 0.2) is 11.5 Å². The fourth-order valence-electron chi connectivity index (χ4n) is 4.26. The molecule has 4 aromatic rings. The molecule has 180 valence electrons. The number of benzene rings is 1. The highest BCUT2D eigenvalue weighted by molar-refractivity contribution is 5.77. The van der Waals surface area contributed by atoms with Crippen LogP contribution in [0.1, 0.15) is 18.4 Å². The molecule has 0 atom stereocenters. The number of rotatable bonds is 7. The maximum atomic E-state index is 13.7. The number of fused-ring (bicyclic) bond motifs is 1. The first kappa shape index (κ1) is 22.7. The summed E-state index contributed by atoms with van der Waals surface area (Å²) in [6.45, 7) is 7.71. The predicted molar refractivity (Wildman–Crippen MR) is 135 cm³/mol. The van der Waals surface area contributed by atoms with Crippen molar-refractivity contribution in [1.29, 1.82) is 0 Å². The minimum Gasteiger partial charge on any atom is -0.367 e. The molecule has 10 heteroatoms. The van der Waals surface area contributed by atoms with Crippen LogP contribution in [0.5, 0.6) is 0 Å². The largest absolute Gasteiger partial charge is 0.367 e. The van der Waals surface area contributed by atoms with Gasteiger partial charge >= 0.3 is 0 Å². The van der Waals surface area contributed by atoms with Crippen LogP contribution in [0.25, 0.3) is 16.9 Å². The normalized spacial score (nSPS) is 14.2. The van der Waals surface area contributed by atoms with E-state index in [4.69, 9.17) is 4.98 Å². The Kier molecular flexibility index (Phi) is 6.28. The molecule has 1 saturated heterocycles. The highest BCUT2D eigenvalue weighted by atomic mass is 19.1. The first-order chi connectivity index (χ1) is 17.0. The molecule has 0 amide bonds. The molecule has 4 heterocycles. The van der Waals surface area contributed by atoms with E-state index in [0.29, 0.717) is 34.1 Å². The first-order valence-corrected chi connectivity index (χ1v) is 11.6. The number of nitrogens with one attached hydrogen (secondary N) is 3. The fraction of sp³-hybridized carbons (Fsp3) is 0.280. The van der Waals surface area contributed by atoms with E-state index in [1.165, 1.54) is 16.9 Å². The summed E-state index contributed by atoms with van der Waals surface area (Å²) in [6, 6.07) is 10.7. The van der Waals surface area contributed by atoms with E-state index >= 15 is 0 Å². The standard InChI is InChI=1S/C25H27FN8O/c1-3-13-33-24(35)19-15-28-25(30-18-7-8-20(26)16(2)14-18)32-23(19)34(33)22-6-4-5-21(31-22)29-17-9-11-27-12-10-17/h3-8,14-15,17,27H,1,9-13H2,2H3,(H,29,31)(H,28,30,32). The maximum absolute atomic E-state index is 13.7. The Hall–Kier alpha value is -4.05. The van der Waals surface area contributed by atoms with Gasteiger partial charge in [0, 0.05) is 17.9 Å². The van der Waals surface area contributed by atoms with Gasteiger partial charge in [-0.05, 0) is 68.8 Å². The lowest BCUT2D eigenvalue weighted by Crippen LogP contribution is -2.35. The van der Waals surface area contributed by atoms with Crippen LogP contribution in [0.3, 0.4) is 0 Å². The van der Waals surface area contributed by atoms with E-state index in [2.05, 4.69) is 32.5 Å². The van der Waals surface area contributed by atoms with Crippen molar-refractivity contribution in [2.75, 3.05) is 23.7 Å². The molecular formula is C25H27FN8O. The Morgan fingerprint density at radius 1 is 1.23 bits per heavy atom. The molecule has 9 nitrogen and oxygen atoms in total. The number of halogens is 1. The van der Waals surface area contributed by atoms with Crippen LogP contribution < -0.4 is 21.5 Å². The summed E-state index contributed by atoms with van der Waals surface area (Å²) < 4.78 is 16.9. The molecule has 1 aromatic carbocycles. The van der Waals surface area contributed by atoms with Gasteiger partial charge in [0.2, 0.25) is 5.95 Å². The third-order valence-corrected chi connectivity index (χ3v) is 6.03. The average molecular weight is 475 g/mol. The van der Waals surface area contributed by atoms with Gasteiger partial charge in [-0.3, -0.25) is 4.79 Å². The molecule has 0 radical (unpaired) electrons. The zero-order chi connectivity index (χ0) is 24.4. The van der Waals surface area contributed by atoms with Crippen molar-refractivity contribution in [1.82, 2.24) is 29.6 Å². The summed E-state index contributed by atoms with van der Waals surface area (Å²) in [5.74, 6) is 1.30. The van der Waals surface area contributed by atoms with Gasteiger partial charge in [0.1, 0.15) is 17.0 Å². The highest BCUT2D eigenvalue weighted by Gasteiger charge is 2.19. The number of hydrogen-bond donors (Lipinski definition) is 3. The third kappa shape index (κ3) is 4.65. The van der Waals surface area contributed by atoms with Gasteiger partial charge in [-0.2, -0.15) is 4.98 Å². The summed E-state index contributed by atoms with van der Waals surface area (Å²) in [5.41, 5.74) is 1.34. The molecule has 0 spiro atoms. The van der Waals surface area contributed by atoms with Crippen molar-refractivity contribution in [2.24, 2.45) is 0 Å². The van der Waals surface area contributed by atoms with Gasteiger partial charge in [-0.25, -0.2) is 23.7 Å². The van der Waals surface area contributed by atoms with E-state index in [1.807, 2.05) is 18.2 Å². The van der Waals surface area contributed by atoms with Crippen molar-refractivity contribution in [2.45, 2.75) is 32.4 Å². The van der Waals surface area contributed by atoms with Crippen molar-refractivity contribution >= 4 is 28.5 Å². The molecule has 1 aliphatic heterocycles. The molecule has 1 fully saturated rings. The summed E-state index contributed by atoms with van der Waals surface area (Å²) in [6.07, 6.45) is 5.19. The number of allylic oxidation sites excluding steroid dienone is 1. The predicted octanol–water partition coefficient (Wildman–Crippen LogP) is 3.52. The Morgan fingerprint density at radius 3 is 2.83 bits per heavy atom. The minimum absolute atomic E-state index is 0.234. The highest BCUT2D eigenvalue weighted by Crippen LogP contribution is 2.21. The van der Waals surface area contributed by atoms with Crippen LogP contribution in [0.15, 0.2) is 60.0 Å². The Balaban J connectivity index is 1.56. The van der Waals surface area contributed by atoms with Crippen LogP contribution in [0, 0.1) is 12.7 Å². The molecular weight excluding hydrogens is 447 g/mol. The van der Waals surface area contributed by atoms with Crippen LogP contribution in [0.4, 0.5) is 21.8 Å². The fourth-order valence-corrected chi connectivity index (χ4v) is 4.26. The lowest BCUT2D eigenvalue weighted by Gasteiger charge is -2.24. The van der Waals surface area contributed by atoms with E-state index in [1.54, 1.807) is 29.8 Å². The molecule has 3 aromatic heterocycles. The maximum Gasteiger partial charge on any atom is 0.278 e. The number of nitrogens with zero attached hydrogens (tertiary/aromatic N) is 5. The van der Waals surface area contributed by atoms with Crippen molar-refractivity contribution in [3.63, 3.8) is 0 Å². The molecule has 0 unspecified atom stereocenters. The number of piperidine rings is 1. The van der Waals surface area contributed by atoms with Crippen LogP contribution >= 0.6 is 0 Å². The second-order valence-electron chi connectivity index (χ2n) is 8.56. The first-order valence-electron chi connectivity index (χ1n) is 11.6. The lowest BCUT2D eigenvalue weighted by molar-refractivity contribution is 0.478. The molecule has 3 N–H and O–H groups in total. The molecule has 35 heavy (non-hydrogen) atoms. The second kappa shape index (κ2) is 9.67. The van der Waals surface area contributed by atoms with E-state index < -0.39 is 0 Å². The zero-order valence-corrected chi connectivity index (χ0v) is 19.5. The topological polar surface area (TPSA) is 102 Å². The zero-order valence-electron chi connectivity index (χ0n) is 19.5. The lowest BCUT2D eigenvalue weighted by atomic mass is 10.1. The van der Waals surface area contributed by atoms with Crippen molar-refractivity contribution in [3.05, 3.63) is 77.0 Å². The van der Waals surface area contributed by atoms with Crippen molar-refractivity contribution < 1.29 is 4.39 Å². The minimum atomic E-state index is -0.286. The molecule has 0 bridgehead atoms. The summed E-state index contributed by atoms with van der Waals surface area (Å²) >= 11 is 0. The number of anilines is 3. The second-order valence-corrected chi connectivity index (χ2v) is 8.56. The number of aromatic nitrogens is 5. The Bertz CT molecular complexity index is 1440. The van der Waals surface area contributed by atoms with Gasteiger partial charge in [0.25, 0.3) is 5.56 Å². The summed E-state index contributed by atoms with van der Waals surface area (Å²) in [7, 11) is 0. The SMILES string of the molecule is C=CCn1c(=O)c2cnc(Nc3ccc(F)c(C)c3)nc2n1-c1cccc(NC2CCNCC2)n1. The third-order valence-electron chi connectivity index (χ3n) is 6.03. The monoisotopic (exact) mass is 474 g/mol. The summed E-state index contributed by atoms with van der Waals surface area (Å²) in [4.78, 5) is 26.9.